The average Bonchev–Trinajstić information content (AvgIpc) is 2.99. The Morgan fingerprint density at radius 3 is 2.83 bits per heavy atom. The quantitative estimate of drug-likeness (QED) is 0.588. The lowest BCUT2D eigenvalue weighted by molar-refractivity contribution is 0.0599. The van der Waals surface area contributed by atoms with Crippen LogP contribution in [0, 0.1) is 0 Å². The number of rotatable bonds is 4. The largest absolute Gasteiger partial charge is 0.465 e. The molecule has 1 unspecified atom stereocenters. The summed E-state index contributed by atoms with van der Waals surface area (Å²) in [6.07, 6.45) is 2.76. The van der Waals surface area contributed by atoms with Crippen LogP contribution in [0.5, 0.6) is 0 Å². The van der Waals surface area contributed by atoms with Crippen LogP contribution in [0.2, 0.25) is 0 Å². The van der Waals surface area contributed by atoms with Crippen molar-refractivity contribution >= 4 is 28.6 Å². The van der Waals surface area contributed by atoms with Crippen molar-refractivity contribution in [1.29, 1.82) is 0 Å². The van der Waals surface area contributed by atoms with Crippen LogP contribution in [0.3, 0.4) is 0 Å². The number of halogens is 1. The van der Waals surface area contributed by atoms with E-state index in [4.69, 9.17) is 11.6 Å². The lowest BCUT2D eigenvalue weighted by Gasteiger charge is -2.10. The number of aromatic nitrogens is 3. The van der Waals surface area contributed by atoms with Gasteiger partial charge in [0.05, 0.1) is 30.6 Å². The predicted octanol–water partition coefficient (Wildman–Crippen LogP) is 2.49. The van der Waals surface area contributed by atoms with Gasteiger partial charge in [0, 0.05) is 6.20 Å². The zero-order valence-corrected chi connectivity index (χ0v) is 13.1. The van der Waals surface area contributed by atoms with E-state index < -0.39 is 11.4 Å². The molecule has 0 saturated heterocycles. The molecular weight excluding hydrogens is 318 g/mol. The Balaban J connectivity index is 1.96. The zero-order valence-electron chi connectivity index (χ0n) is 12.3. The molecule has 23 heavy (non-hydrogen) atoms. The lowest BCUT2D eigenvalue weighted by Crippen LogP contribution is -2.17. The highest BCUT2D eigenvalue weighted by atomic mass is 35.5. The monoisotopic (exact) mass is 331 g/mol. The van der Waals surface area contributed by atoms with E-state index in [1.807, 2.05) is 30.3 Å². The summed E-state index contributed by atoms with van der Waals surface area (Å²) >= 11 is 6.42. The molecule has 1 N–H and O–H groups in total. The van der Waals surface area contributed by atoms with Crippen LogP contribution >= 0.6 is 11.6 Å². The van der Waals surface area contributed by atoms with Crippen molar-refractivity contribution < 1.29 is 9.53 Å². The maximum atomic E-state index is 12.3. The number of hydrogen-bond acceptors (Lipinski definition) is 4. The van der Waals surface area contributed by atoms with Crippen molar-refractivity contribution in [1.82, 2.24) is 14.8 Å². The van der Waals surface area contributed by atoms with Gasteiger partial charge in [-0.2, -0.15) is 5.10 Å². The summed E-state index contributed by atoms with van der Waals surface area (Å²) < 4.78 is 6.20. The van der Waals surface area contributed by atoms with Gasteiger partial charge in [-0.1, -0.05) is 30.3 Å². The highest BCUT2D eigenvalue weighted by molar-refractivity contribution is 6.20. The van der Waals surface area contributed by atoms with E-state index >= 15 is 0 Å². The van der Waals surface area contributed by atoms with E-state index in [-0.39, 0.29) is 10.9 Å². The fourth-order valence-electron chi connectivity index (χ4n) is 2.37. The maximum Gasteiger partial charge on any atom is 0.343 e. The molecule has 2 heterocycles. The fourth-order valence-corrected chi connectivity index (χ4v) is 2.65. The number of pyridine rings is 1. The first-order valence-electron chi connectivity index (χ1n) is 6.96. The van der Waals surface area contributed by atoms with Gasteiger partial charge < -0.3 is 9.72 Å². The van der Waals surface area contributed by atoms with Gasteiger partial charge >= 0.3 is 5.97 Å². The van der Waals surface area contributed by atoms with Crippen LogP contribution in [0.1, 0.15) is 21.3 Å². The van der Waals surface area contributed by atoms with E-state index in [2.05, 4.69) is 14.8 Å². The second-order valence-electron chi connectivity index (χ2n) is 4.99. The van der Waals surface area contributed by atoms with Crippen LogP contribution in [-0.4, -0.2) is 27.8 Å². The number of aromatic amines is 1. The number of H-pyrrole nitrogens is 1. The number of carbonyl (C=O) groups is 1. The Morgan fingerprint density at radius 1 is 1.39 bits per heavy atom. The first kappa shape index (κ1) is 15.3. The number of nitrogens with one attached hydrogen (secondary N) is 1. The third-order valence-electron chi connectivity index (χ3n) is 3.58. The highest BCUT2D eigenvalue weighted by Crippen LogP contribution is 2.23. The fraction of sp³-hybridized carbons (Fsp3) is 0.188. The number of carbonyl (C=O) groups excluding carboxylic acids is 1. The van der Waals surface area contributed by atoms with Crippen molar-refractivity contribution in [2.24, 2.45) is 0 Å². The third kappa shape index (κ3) is 2.85. The Bertz CT molecular complexity index is 902. The molecule has 2 aromatic heterocycles. The SMILES string of the molecule is COC(=O)c1c[nH]c2c(cnn2CC(Cl)c2ccccc2)c1=O. The van der Waals surface area contributed by atoms with E-state index in [0.29, 0.717) is 17.6 Å². The van der Waals surface area contributed by atoms with Gasteiger partial charge in [-0.05, 0) is 5.56 Å². The van der Waals surface area contributed by atoms with Gasteiger partial charge in [-0.25, -0.2) is 9.48 Å². The summed E-state index contributed by atoms with van der Waals surface area (Å²) in [5.41, 5.74) is 1.02. The Labute approximate surface area is 136 Å². The molecule has 3 aromatic rings. The lowest BCUT2D eigenvalue weighted by atomic mass is 10.1. The molecule has 0 aliphatic heterocycles. The Kier molecular flexibility index (Phi) is 4.16. The molecule has 1 atom stereocenters. The number of hydrogen-bond donors (Lipinski definition) is 1. The number of esters is 1. The topological polar surface area (TPSA) is 77.0 Å². The normalized spacial score (nSPS) is 12.3. The van der Waals surface area contributed by atoms with E-state index in [0.717, 1.165) is 5.56 Å². The van der Waals surface area contributed by atoms with Crippen LogP contribution in [0.15, 0.2) is 47.5 Å². The van der Waals surface area contributed by atoms with E-state index in [9.17, 15) is 9.59 Å². The van der Waals surface area contributed by atoms with Gasteiger partial charge in [-0.3, -0.25) is 4.79 Å². The summed E-state index contributed by atoms with van der Waals surface area (Å²) in [6.45, 7) is 0.391. The standard InChI is InChI=1S/C16H14ClN3O3/c1-23-16(22)12-7-18-15-11(14(12)21)8-19-20(15)9-13(17)10-5-3-2-4-6-10/h2-8,13H,9H2,1H3,(H,18,21). The smallest absolute Gasteiger partial charge is 0.343 e. The molecular formula is C16H14ClN3O3. The molecule has 0 aliphatic carbocycles. The predicted molar refractivity (Wildman–Crippen MR) is 86.7 cm³/mol. The molecule has 0 spiro atoms. The third-order valence-corrected chi connectivity index (χ3v) is 3.97. The number of ether oxygens (including phenoxy) is 1. The van der Waals surface area contributed by atoms with Gasteiger partial charge in [0.15, 0.2) is 0 Å². The van der Waals surface area contributed by atoms with Gasteiger partial charge in [0.2, 0.25) is 5.43 Å². The Hall–Kier alpha value is -2.60. The van der Waals surface area contributed by atoms with Gasteiger partial charge in [0.1, 0.15) is 11.2 Å². The second kappa shape index (κ2) is 6.26. The van der Waals surface area contributed by atoms with Gasteiger partial charge in [-0.15, -0.1) is 11.6 Å². The van der Waals surface area contributed by atoms with Crippen molar-refractivity contribution in [3.63, 3.8) is 0 Å². The summed E-state index contributed by atoms with van der Waals surface area (Å²) in [4.78, 5) is 26.8. The van der Waals surface area contributed by atoms with Crippen LogP contribution in [-0.2, 0) is 11.3 Å². The van der Waals surface area contributed by atoms with Gasteiger partial charge in [0.25, 0.3) is 0 Å². The van der Waals surface area contributed by atoms with E-state index in [1.54, 1.807) is 4.68 Å². The van der Waals surface area contributed by atoms with Crippen molar-refractivity contribution in [2.75, 3.05) is 7.11 Å². The molecule has 7 heteroatoms. The van der Waals surface area contributed by atoms with Crippen molar-refractivity contribution in [3.05, 3.63) is 64.1 Å². The maximum absolute atomic E-state index is 12.3. The van der Waals surface area contributed by atoms with Crippen LogP contribution in [0.4, 0.5) is 0 Å². The molecule has 6 nitrogen and oxygen atoms in total. The number of fused-ring (bicyclic) bond motifs is 1. The van der Waals surface area contributed by atoms with Crippen molar-refractivity contribution in [3.8, 4) is 0 Å². The number of methoxy groups -OCH3 is 1. The number of alkyl halides is 1. The molecule has 3 rings (SSSR count). The molecule has 0 aliphatic rings. The highest BCUT2D eigenvalue weighted by Gasteiger charge is 2.17. The minimum absolute atomic E-state index is 0.0509. The summed E-state index contributed by atoms with van der Waals surface area (Å²) in [7, 11) is 1.23. The van der Waals surface area contributed by atoms with Crippen molar-refractivity contribution in [2.45, 2.75) is 11.9 Å². The first-order chi connectivity index (χ1) is 11.1. The Morgan fingerprint density at radius 2 is 2.13 bits per heavy atom. The summed E-state index contributed by atoms with van der Waals surface area (Å²) in [5.74, 6) is -0.680. The number of nitrogens with zero attached hydrogens (tertiary/aromatic N) is 2. The summed E-state index contributed by atoms with van der Waals surface area (Å²) in [6, 6.07) is 9.61. The van der Waals surface area contributed by atoms with Crippen LogP contribution < -0.4 is 5.43 Å². The number of benzene rings is 1. The minimum atomic E-state index is -0.680. The summed E-state index contributed by atoms with van der Waals surface area (Å²) in [5, 5.41) is 4.23. The molecule has 0 bridgehead atoms. The molecule has 0 radical (unpaired) electrons. The molecule has 0 amide bonds. The second-order valence-corrected chi connectivity index (χ2v) is 5.52. The first-order valence-corrected chi connectivity index (χ1v) is 7.40. The molecule has 0 fully saturated rings. The van der Waals surface area contributed by atoms with Crippen LogP contribution in [0.25, 0.3) is 11.0 Å². The molecule has 118 valence electrons. The minimum Gasteiger partial charge on any atom is -0.465 e. The van der Waals surface area contributed by atoms with E-state index in [1.165, 1.54) is 19.5 Å². The average molecular weight is 332 g/mol. The zero-order chi connectivity index (χ0) is 16.4. The molecule has 0 saturated carbocycles. The molecule has 1 aromatic carbocycles.